The Morgan fingerprint density at radius 3 is 2.71 bits per heavy atom. The third kappa shape index (κ3) is 3.70. The first-order valence-electron chi connectivity index (χ1n) is 6.11. The molecule has 2 N–H and O–H groups in total. The number of nitrogens with one attached hydrogen (secondary N) is 2. The largest absolute Gasteiger partial charge is 0.383 e. The van der Waals surface area contributed by atoms with Gasteiger partial charge in [-0.2, -0.15) is 8.42 Å². The predicted molar refractivity (Wildman–Crippen MR) is 83.3 cm³/mol. The molecule has 0 atom stereocenters. The van der Waals surface area contributed by atoms with E-state index in [1.54, 1.807) is 12.1 Å². The van der Waals surface area contributed by atoms with Gasteiger partial charge in [-0.1, -0.05) is 0 Å². The van der Waals surface area contributed by atoms with Crippen molar-refractivity contribution in [2.24, 2.45) is 0 Å². The molecule has 0 saturated carbocycles. The SMILES string of the molecule is CCNc1cccnc1S(=O)(=O)Nc1ccc(F)cc1Br. The van der Waals surface area contributed by atoms with E-state index in [4.69, 9.17) is 0 Å². The van der Waals surface area contributed by atoms with Crippen molar-refractivity contribution in [3.05, 3.63) is 46.8 Å². The lowest BCUT2D eigenvalue weighted by Crippen LogP contribution is -2.17. The lowest BCUT2D eigenvalue weighted by molar-refractivity contribution is 0.597. The number of anilines is 2. The van der Waals surface area contributed by atoms with Gasteiger partial charge in [-0.15, -0.1) is 0 Å². The second-order valence-electron chi connectivity index (χ2n) is 4.12. The summed E-state index contributed by atoms with van der Waals surface area (Å²) in [5, 5.41) is 2.83. The van der Waals surface area contributed by atoms with Gasteiger partial charge in [0.1, 0.15) is 5.82 Å². The molecule has 0 aliphatic heterocycles. The Labute approximate surface area is 130 Å². The molecule has 1 heterocycles. The number of halogens is 2. The van der Waals surface area contributed by atoms with Crippen LogP contribution in [0.4, 0.5) is 15.8 Å². The fraction of sp³-hybridized carbons (Fsp3) is 0.154. The fourth-order valence-electron chi connectivity index (χ4n) is 1.70. The van der Waals surface area contributed by atoms with E-state index in [0.717, 1.165) is 0 Å². The van der Waals surface area contributed by atoms with Crippen LogP contribution in [-0.2, 0) is 10.0 Å². The number of sulfonamides is 1. The van der Waals surface area contributed by atoms with Crippen molar-refractivity contribution in [1.29, 1.82) is 0 Å². The third-order valence-corrected chi connectivity index (χ3v) is 4.55. The van der Waals surface area contributed by atoms with Gasteiger partial charge < -0.3 is 5.32 Å². The van der Waals surface area contributed by atoms with Gasteiger partial charge in [-0.3, -0.25) is 4.72 Å². The number of hydrogen-bond acceptors (Lipinski definition) is 4. The molecule has 0 aliphatic carbocycles. The summed E-state index contributed by atoms with van der Waals surface area (Å²) in [4.78, 5) is 3.91. The zero-order valence-electron chi connectivity index (χ0n) is 11.1. The average molecular weight is 374 g/mol. The monoisotopic (exact) mass is 373 g/mol. The second kappa shape index (κ2) is 6.40. The second-order valence-corrected chi connectivity index (χ2v) is 6.57. The normalized spacial score (nSPS) is 11.2. The Bertz CT molecular complexity index is 753. The molecule has 0 radical (unpaired) electrons. The van der Waals surface area contributed by atoms with E-state index in [-0.39, 0.29) is 10.7 Å². The first-order chi connectivity index (χ1) is 9.94. The zero-order chi connectivity index (χ0) is 15.5. The summed E-state index contributed by atoms with van der Waals surface area (Å²) in [6, 6.07) is 6.97. The zero-order valence-corrected chi connectivity index (χ0v) is 13.5. The molecule has 5 nitrogen and oxygen atoms in total. The lowest BCUT2D eigenvalue weighted by atomic mass is 10.3. The molecule has 0 aliphatic rings. The molecule has 0 amide bonds. The third-order valence-electron chi connectivity index (χ3n) is 2.57. The molecule has 0 unspecified atom stereocenters. The van der Waals surface area contributed by atoms with E-state index in [0.29, 0.717) is 16.7 Å². The number of pyridine rings is 1. The van der Waals surface area contributed by atoms with Gasteiger partial charge in [0, 0.05) is 17.2 Å². The van der Waals surface area contributed by atoms with E-state index >= 15 is 0 Å². The van der Waals surface area contributed by atoms with Crippen molar-refractivity contribution in [3.8, 4) is 0 Å². The highest BCUT2D eigenvalue weighted by Gasteiger charge is 2.21. The molecule has 0 spiro atoms. The van der Waals surface area contributed by atoms with Crippen LogP contribution in [0.15, 0.2) is 46.0 Å². The molecule has 0 bridgehead atoms. The summed E-state index contributed by atoms with van der Waals surface area (Å²) in [5.41, 5.74) is 0.648. The molecule has 0 saturated heterocycles. The molecule has 1 aromatic carbocycles. The highest BCUT2D eigenvalue weighted by Crippen LogP contribution is 2.27. The van der Waals surface area contributed by atoms with Crippen molar-refractivity contribution in [3.63, 3.8) is 0 Å². The number of benzene rings is 1. The Balaban J connectivity index is 2.39. The van der Waals surface area contributed by atoms with Gasteiger partial charge in [0.25, 0.3) is 10.0 Å². The average Bonchev–Trinajstić information content (AvgIpc) is 2.43. The molecule has 8 heteroatoms. The maximum absolute atomic E-state index is 13.0. The van der Waals surface area contributed by atoms with Crippen LogP contribution in [0, 0.1) is 5.82 Å². The molecule has 0 fully saturated rings. The predicted octanol–water partition coefficient (Wildman–Crippen LogP) is 3.22. The number of rotatable bonds is 5. The van der Waals surface area contributed by atoms with Crippen molar-refractivity contribution in [2.45, 2.75) is 11.9 Å². The first kappa shape index (κ1) is 15.7. The molecule has 112 valence electrons. The van der Waals surface area contributed by atoms with Crippen LogP contribution >= 0.6 is 15.9 Å². The molecule has 2 aromatic rings. The van der Waals surface area contributed by atoms with E-state index in [1.807, 2.05) is 6.92 Å². The van der Waals surface area contributed by atoms with Crippen molar-refractivity contribution >= 4 is 37.3 Å². The number of hydrogen-bond donors (Lipinski definition) is 2. The van der Waals surface area contributed by atoms with E-state index in [1.165, 1.54) is 24.4 Å². The van der Waals surface area contributed by atoms with Gasteiger partial charge in [-0.05, 0) is 53.2 Å². The minimum Gasteiger partial charge on any atom is -0.383 e. The molecular formula is C13H13BrFN3O2S. The van der Waals surface area contributed by atoms with E-state index in [9.17, 15) is 12.8 Å². The van der Waals surface area contributed by atoms with E-state index < -0.39 is 15.8 Å². The topological polar surface area (TPSA) is 71.1 Å². The summed E-state index contributed by atoms with van der Waals surface area (Å²) in [6.45, 7) is 2.42. The summed E-state index contributed by atoms with van der Waals surface area (Å²) in [6.07, 6.45) is 1.40. The van der Waals surface area contributed by atoms with Crippen LogP contribution in [0.3, 0.4) is 0 Å². The highest BCUT2D eigenvalue weighted by molar-refractivity contribution is 9.10. The molecule has 1 aromatic heterocycles. The van der Waals surface area contributed by atoms with Crippen LogP contribution in [-0.4, -0.2) is 19.9 Å². The quantitative estimate of drug-likeness (QED) is 0.843. The van der Waals surface area contributed by atoms with Crippen LogP contribution in [0.1, 0.15) is 6.92 Å². The summed E-state index contributed by atoms with van der Waals surface area (Å²) in [5.74, 6) is -0.462. The van der Waals surface area contributed by atoms with Crippen LogP contribution in [0.2, 0.25) is 0 Å². The van der Waals surface area contributed by atoms with Gasteiger partial charge in [0.15, 0.2) is 5.03 Å². The van der Waals surface area contributed by atoms with Crippen LogP contribution < -0.4 is 10.0 Å². The smallest absolute Gasteiger partial charge is 0.281 e. The van der Waals surface area contributed by atoms with Crippen LogP contribution in [0.5, 0.6) is 0 Å². The Morgan fingerprint density at radius 2 is 2.05 bits per heavy atom. The van der Waals surface area contributed by atoms with Gasteiger partial charge in [0.2, 0.25) is 0 Å². The maximum atomic E-state index is 13.0. The first-order valence-corrected chi connectivity index (χ1v) is 8.38. The summed E-state index contributed by atoms with van der Waals surface area (Å²) < 4.78 is 40.5. The maximum Gasteiger partial charge on any atom is 0.281 e. The van der Waals surface area contributed by atoms with Gasteiger partial charge in [-0.25, -0.2) is 9.37 Å². The van der Waals surface area contributed by atoms with Crippen LogP contribution in [0.25, 0.3) is 0 Å². The Kier molecular flexibility index (Phi) is 4.79. The lowest BCUT2D eigenvalue weighted by Gasteiger charge is -2.12. The molecule has 2 rings (SSSR count). The van der Waals surface area contributed by atoms with Gasteiger partial charge in [0.05, 0.1) is 11.4 Å². The van der Waals surface area contributed by atoms with Crippen molar-refractivity contribution < 1.29 is 12.8 Å². The number of aromatic nitrogens is 1. The highest BCUT2D eigenvalue weighted by atomic mass is 79.9. The standard InChI is InChI=1S/C13H13BrFN3O2S/c1-2-16-12-4-3-7-17-13(12)21(19,20)18-11-6-5-9(15)8-10(11)14/h3-8,16,18H,2H2,1H3. The molecular weight excluding hydrogens is 361 g/mol. The van der Waals surface area contributed by atoms with Crippen molar-refractivity contribution in [2.75, 3.05) is 16.6 Å². The summed E-state index contributed by atoms with van der Waals surface area (Å²) in [7, 11) is -3.88. The van der Waals surface area contributed by atoms with Gasteiger partial charge >= 0.3 is 0 Å². The Hall–Kier alpha value is -1.67. The minimum atomic E-state index is -3.88. The summed E-state index contributed by atoms with van der Waals surface area (Å²) >= 11 is 3.12. The Morgan fingerprint density at radius 1 is 1.29 bits per heavy atom. The van der Waals surface area contributed by atoms with E-state index in [2.05, 4.69) is 31.0 Å². The minimum absolute atomic E-state index is 0.108. The van der Waals surface area contributed by atoms with Crippen molar-refractivity contribution in [1.82, 2.24) is 4.98 Å². The molecule has 21 heavy (non-hydrogen) atoms. The fourth-order valence-corrected chi connectivity index (χ4v) is 3.47. The number of nitrogens with zero attached hydrogens (tertiary/aromatic N) is 1.